The van der Waals surface area contributed by atoms with Crippen LogP contribution in [0.5, 0.6) is 5.75 Å². The fraction of sp³-hybridized carbons (Fsp3) is 0.500. The van der Waals surface area contributed by atoms with Crippen LogP contribution in [0.2, 0.25) is 10.0 Å². The van der Waals surface area contributed by atoms with Crippen molar-refractivity contribution in [3.8, 4) is 5.75 Å². The molecule has 1 heterocycles. The predicted molar refractivity (Wildman–Crippen MR) is 87.6 cm³/mol. The van der Waals surface area contributed by atoms with E-state index in [4.69, 9.17) is 33.7 Å². The van der Waals surface area contributed by atoms with E-state index >= 15 is 0 Å². The van der Waals surface area contributed by atoms with E-state index in [1.807, 2.05) is 0 Å². The van der Waals surface area contributed by atoms with E-state index < -0.39 is 0 Å². The van der Waals surface area contributed by atoms with Gasteiger partial charge in [-0.1, -0.05) is 36.2 Å². The number of nitrogens with two attached hydrogens (primary N) is 1. The fourth-order valence-corrected chi connectivity index (χ4v) is 2.76. The average Bonchev–Trinajstić information content (AvgIpc) is 2.81. The van der Waals surface area contributed by atoms with Gasteiger partial charge in [0.25, 0.3) is 5.91 Å². The van der Waals surface area contributed by atoms with Gasteiger partial charge in [-0.3, -0.25) is 4.79 Å². The van der Waals surface area contributed by atoms with Crippen LogP contribution in [0.25, 0.3) is 0 Å². The van der Waals surface area contributed by atoms with Gasteiger partial charge in [0, 0.05) is 13.1 Å². The lowest BCUT2D eigenvalue weighted by Crippen LogP contribution is -2.36. The minimum absolute atomic E-state index is 0. The fourth-order valence-electron chi connectivity index (χ4n) is 2.25. The molecule has 118 valence electrons. The van der Waals surface area contributed by atoms with Gasteiger partial charge < -0.3 is 15.4 Å². The van der Waals surface area contributed by atoms with Crippen LogP contribution < -0.4 is 10.5 Å². The van der Waals surface area contributed by atoms with E-state index in [1.54, 1.807) is 23.1 Å². The first kappa shape index (κ1) is 18.4. The molecule has 1 aromatic rings. The smallest absolute Gasteiger partial charge is 0.260 e. The number of halogens is 3. The summed E-state index contributed by atoms with van der Waals surface area (Å²) in [7, 11) is 0. The Balaban J connectivity index is 0.00000220. The molecular weight excluding hydrogens is 335 g/mol. The minimum Gasteiger partial charge on any atom is -0.481 e. The number of ether oxygens (including phenoxy) is 1. The Morgan fingerprint density at radius 3 is 2.57 bits per heavy atom. The highest BCUT2D eigenvalue weighted by molar-refractivity contribution is 6.37. The maximum atomic E-state index is 12.1. The highest BCUT2D eigenvalue weighted by Gasteiger charge is 2.34. The van der Waals surface area contributed by atoms with E-state index in [0.29, 0.717) is 35.4 Å². The Kier molecular flexibility index (Phi) is 6.60. The summed E-state index contributed by atoms with van der Waals surface area (Å²) in [5, 5.41) is 0.803. The second-order valence-corrected chi connectivity index (χ2v) is 6.23. The molecule has 1 saturated heterocycles. The van der Waals surface area contributed by atoms with Crippen LogP contribution >= 0.6 is 35.6 Å². The molecule has 1 aliphatic rings. The molecule has 1 atom stereocenters. The Labute approximate surface area is 140 Å². The SMILES string of the molecule is CC1(CN)CCN(C(=O)COc2c(Cl)cccc2Cl)C1.Cl. The van der Waals surface area contributed by atoms with Crippen molar-refractivity contribution in [3.05, 3.63) is 28.2 Å². The minimum atomic E-state index is -0.0711. The van der Waals surface area contributed by atoms with Crippen molar-refractivity contribution in [3.63, 3.8) is 0 Å². The third-order valence-electron chi connectivity index (χ3n) is 3.66. The highest BCUT2D eigenvalue weighted by atomic mass is 35.5. The first-order valence-corrected chi connectivity index (χ1v) is 7.25. The maximum Gasteiger partial charge on any atom is 0.260 e. The van der Waals surface area contributed by atoms with Gasteiger partial charge >= 0.3 is 0 Å². The molecule has 0 aliphatic carbocycles. The van der Waals surface area contributed by atoms with Crippen molar-refractivity contribution in [1.82, 2.24) is 4.90 Å². The standard InChI is InChI=1S/C14H18Cl2N2O2.ClH/c1-14(8-17)5-6-18(9-14)12(19)7-20-13-10(15)3-2-4-11(13)16;/h2-4H,5-9,17H2,1H3;1H. The van der Waals surface area contributed by atoms with Crippen LogP contribution in [0.15, 0.2) is 18.2 Å². The van der Waals surface area contributed by atoms with E-state index in [2.05, 4.69) is 6.92 Å². The summed E-state index contributed by atoms with van der Waals surface area (Å²) in [5.41, 5.74) is 5.74. The number of carbonyl (C=O) groups excluding carboxylic acids is 1. The lowest BCUT2D eigenvalue weighted by molar-refractivity contribution is -0.132. The summed E-state index contributed by atoms with van der Waals surface area (Å²) in [5.74, 6) is 0.281. The second-order valence-electron chi connectivity index (χ2n) is 5.42. The largest absolute Gasteiger partial charge is 0.481 e. The Morgan fingerprint density at radius 2 is 2.05 bits per heavy atom. The number of benzene rings is 1. The molecule has 0 saturated carbocycles. The van der Waals surface area contributed by atoms with Crippen molar-refractivity contribution >= 4 is 41.5 Å². The van der Waals surface area contributed by atoms with Crippen LogP contribution in [-0.2, 0) is 4.79 Å². The number of nitrogens with zero attached hydrogens (tertiary/aromatic N) is 1. The van der Waals surface area contributed by atoms with Gasteiger partial charge in [-0.25, -0.2) is 0 Å². The van der Waals surface area contributed by atoms with Crippen LogP contribution in [0.4, 0.5) is 0 Å². The highest BCUT2D eigenvalue weighted by Crippen LogP contribution is 2.33. The Morgan fingerprint density at radius 1 is 1.43 bits per heavy atom. The average molecular weight is 354 g/mol. The lowest BCUT2D eigenvalue weighted by Gasteiger charge is -2.22. The van der Waals surface area contributed by atoms with Gasteiger partial charge in [0.2, 0.25) is 0 Å². The quantitative estimate of drug-likeness (QED) is 0.905. The van der Waals surface area contributed by atoms with E-state index in [9.17, 15) is 4.79 Å². The zero-order chi connectivity index (χ0) is 14.8. The van der Waals surface area contributed by atoms with Gasteiger partial charge in [-0.2, -0.15) is 0 Å². The molecule has 21 heavy (non-hydrogen) atoms. The number of amides is 1. The molecule has 0 aromatic heterocycles. The van der Waals surface area contributed by atoms with Crippen LogP contribution in [0, 0.1) is 5.41 Å². The van der Waals surface area contributed by atoms with Crippen molar-refractivity contribution in [2.45, 2.75) is 13.3 Å². The van der Waals surface area contributed by atoms with Crippen molar-refractivity contribution in [2.24, 2.45) is 11.1 Å². The molecule has 2 N–H and O–H groups in total. The molecule has 2 rings (SSSR count). The molecule has 1 amide bonds. The summed E-state index contributed by atoms with van der Waals surface area (Å²) in [6, 6.07) is 5.08. The monoisotopic (exact) mass is 352 g/mol. The van der Waals surface area contributed by atoms with Crippen LogP contribution in [0.3, 0.4) is 0 Å². The summed E-state index contributed by atoms with van der Waals surface area (Å²) in [4.78, 5) is 13.9. The second kappa shape index (κ2) is 7.54. The summed E-state index contributed by atoms with van der Waals surface area (Å²) in [6.07, 6.45) is 0.919. The third kappa shape index (κ3) is 4.39. The summed E-state index contributed by atoms with van der Waals surface area (Å²) >= 11 is 12.0. The normalized spacial score (nSPS) is 21.0. The maximum absolute atomic E-state index is 12.1. The summed E-state index contributed by atoms with van der Waals surface area (Å²) < 4.78 is 5.46. The first-order valence-electron chi connectivity index (χ1n) is 6.50. The molecule has 1 aliphatic heterocycles. The molecule has 0 bridgehead atoms. The van der Waals surface area contributed by atoms with E-state index in [-0.39, 0.29) is 30.3 Å². The van der Waals surface area contributed by atoms with Gasteiger partial charge in [0.1, 0.15) is 0 Å². The molecule has 1 fully saturated rings. The first-order chi connectivity index (χ1) is 9.45. The van der Waals surface area contributed by atoms with Crippen molar-refractivity contribution < 1.29 is 9.53 Å². The molecule has 1 unspecified atom stereocenters. The molecule has 0 radical (unpaired) electrons. The zero-order valence-electron chi connectivity index (χ0n) is 11.8. The molecule has 4 nitrogen and oxygen atoms in total. The van der Waals surface area contributed by atoms with E-state index in [1.165, 1.54) is 0 Å². The number of para-hydroxylation sites is 1. The number of rotatable bonds is 4. The number of hydrogen-bond donors (Lipinski definition) is 1. The summed E-state index contributed by atoms with van der Waals surface area (Å²) in [6.45, 7) is 3.98. The van der Waals surface area contributed by atoms with Crippen LogP contribution in [-0.4, -0.2) is 37.0 Å². The molecular formula is C14H19Cl3N2O2. The number of likely N-dealkylation sites (tertiary alicyclic amines) is 1. The predicted octanol–water partition coefficient (Wildman–Crippen LogP) is 2.99. The topological polar surface area (TPSA) is 55.6 Å². The Hall–Kier alpha value is -0.680. The van der Waals surface area contributed by atoms with Gasteiger partial charge in [-0.15, -0.1) is 12.4 Å². The number of carbonyl (C=O) groups is 1. The van der Waals surface area contributed by atoms with Gasteiger partial charge in [0.05, 0.1) is 10.0 Å². The number of hydrogen-bond acceptors (Lipinski definition) is 3. The van der Waals surface area contributed by atoms with Crippen LogP contribution in [0.1, 0.15) is 13.3 Å². The molecule has 7 heteroatoms. The van der Waals surface area contributed by atoms with Gasteiger partial charge in [0.15, 0.2) is 12.4 Å². The molecule has 1 aromatic carbocycles. The van der Waals surface area contributed by atoms with Crippen molar-refractivity contribution in [2.75, 3.05) is 26.2 Å². The van der Waals surface area contributed by atoms with Gasteiger partial charge in [-0.05, 0) is 30.5 Å². The molecule has 0 spiro atoms. The van der Waals surface area contributed by atoms with Crippen molar-refractivity contribution in [1.29, 1.82) is 0 Å². The Bertz CT molecular complexity index is 493. The lowest BCUT2D eigenvalue weighted by atomic mass is 9.90. The zero-order valence-corrected chi connectivity index (χ0v) is 14.1. The third-order valence-corrected chi connectivity index (χ3v) is 4.26. The van der Waals surface area contributed by atoms with E-state index in [0.717, 1.165) is 6.42 Å².